The van der Waals surface area contributed by atoms with Crippen molar-refractivity contribution >= 4 is 16.8 Å². The number of halogens is 1. The Bertz CT molecular complexity index is 780. The summed E-state index contributed by atoms with van der Waals surface area (Å²) < 4.78 is 13.7. The molecule has 2 fully saturated rings. The summed E-state index contributed by atoms with van der Waals surface area (Å²) in [5.74, 6) is 1.66. The van der Waals surface area contributed by atoms with E-state index in [9.17, 15) is 9.18 Å². The van der Waals surface area contributed by atoms with E-state index in [1.807, 2.05) is 13.1 Å². The molecule has 3 atom stereocenters. The van der Waals surface area contributed by atoms with Crippen molar-refractivity contribution in [3.63, 3.8) is 0 Å². The molecule has 4 rings (SSSR count). The average Bonchev–Trinajstić information content (AvgIpc) is 3.12. The predicted octanol–water partition coefficient (Wildman–Crippen LogP) is 2.94. The van der Waals surface area contributed by atoms with E-state index in [0.29, 0.717) is 30.8 Å². The van der Waals surface area contributed by atoms with E-state index in [4.69, 9.17) is 0 Å². The highest BCUT2D eigenvalue weighted by Crippen LogP contribution is 2.47. The van der Waals surface area contributed by atoms with Crippen molar-refractivity contribution in [2.24, 2.45) is 11.8 Å². The molecular weight excluding hydrogens is 317 g/mol. The molecule has 4 nitrogen and oxygen atoms in total. The van der Waals surface area contributed by atoms with Gasteiger partial charge in [-0.1, -0.05) is 0 Å². The van der Waals surface area contributed by atoms with Gasteiger partial charge in [-0.25, -0.2) is 4.39 Å². The van der Waals surface area contributed by atoms with Gasteiger partial charge in [-0.3, -0.25) is 14.7 Å². The van der Waals surface area contributed by atoms with Crippen LogP contribution in [0.15, 0.2) is 30.5 Å². The maximum atomic E-state index is 13.7. The fourth-order valence-electron chi connectivity index (χ4n) is 4.73. The average molecular weight is 341 g/mol. The Morgan fingerprint density at radius 2 is 2.04 bits per heavy atom. The van der Waals surface area contributed by atoms with Crippen molar-refractivity contribution in [3.8, 4) is 0 Å². The van der Waals surface area contributed by atoms with Crippen LogP contribution < -0.4 is 5.32 Å². The lowest BCUT2D eigenvalue weighted by atomic mass is 9.93. The van der Waals surface area contributed by atoms with Crippen LogP contribution in [0, 0.1) is 17.7 Å². The van der Waals surface area contributed by atoms with Crippen LogP contribution in [0.2, 0.25) is 0 Å². The van der Waals surface area contributed by atoms with Gasteiger partial charge in [0.15, 0.2) is 0 Å². The number of aromatic nitrogens is 1. The molecule has 0 radical (unpaired) electrons. The van der Waals surface area contributed by atoms with Crippen LogP contribution in [0.3, 0.4) is 0 Å². The van der Waals surface area contributed by atoms with Crippen molar-refractivity contribution in [1.29, 1.82) is 0 Å². The molecular formula is C20H24FN3O. The van der Waals surface area contributed by atoms with Gasteiger partial charge in [0.25, 0.3) is 0 Å². The number of pyridine rings is 1. The number of hydrogen-bond acceptors (Lipinski definition) is 3. The minimum atomic E-state index is -0.201. The van der Waals surface area contributed by atoms with Gasteiger partial charge < -0.3 is 5.32 Å². The minimum absolute atomic E-state index is 0.120. The third-order valence-corrected chi connectivity index (χ3v) is 5.74. The van der Waals surface area contributed by atoms with Gasteiger partial charge in [-0.2, -0.15) is 0 Å². The van der Waals surface area contributed by atoms with E-state index < -0.39 is 0 Å². The zero-order valence-electron chi connectivity index (χ0n) is 14.5. The predicted molar refractivity (Wildman–Crippen MR) is 95.8 cm³/mol. The molecule has 1 aliphatic carbocycles. The molecule has 1 N–H and O–H groups in total. The number of likely N-dealkylation sites (tertiary alicyclic amines) is 1. The number of nitrogens with zero attached hydrogens (tertiary/aromatic N) is 2. The molecule has 0 spiro atoms. The SMILES string of the molecule is CCNC(=O)CN1CC2CC(c3ccnc4ccc(F)cc34)C[C@@H]2C1. The van der Waals surface area contributed by atoms with Crippen LogP contribution in [0.1, 0.15) is 31.2 Å². The zero-order chi connectivity index (χ0) is 17.4. The second-order valence-electron chi connectivity index (χ2n) is 7.40. The van der Waals surface area contributed by atoms with Crippen molar-refractivity contribution < 1.29 is 9.18 Å². The largest absolute Gasteiger partial charge is 0.355 e. The van der Waals surface area contributed by atoms with Crippen molar-refractivity contribution in [2.75, 3.05) is 26.2 Å². The molecule has 2 heterocycles. The first-order valence-electron chi connectivity index (χ1n) is 9.17. The molecule has 1 aromatic carbocycles. The molecule has 2 aliphatic rings. The summed E-state index contributed by atoms with van der Waals surface area (Å²) in [6, 6.07) is 6.91. The normalized spacial score (nSPS) is 26.1. The molecule has 5 heteroatoms. The highest BCUT2D eigenvalue weighted by Gasteiger charge is 2.41. The van der Waals surface area contributed by atoms with E-state index in [2.05, 4.69) is 21.3 Å². The Hall–Kier alpha value is -2.01. The molecule has 0 bridgehead atoms. The summed E-state index contributed by atoms with van der Waals surface area (Å²) in [7, 11) is 0. The first-order chi connectivity index (χ1) is 12.1. The second-order valence-corrected chi connectivity index (χ2v) is 7.40. The number of rotatable bonds is 4. The van der Waals surface area contributed by atoms with Gasteiger partial charge in [0.05, 0.1) is 12.1 Å². The standard InChI is InChI=1S/C20H24FN3O/c1-2-22-20(25)12-24-10-14-7-13(8-15(14)11-24)17-5-6-23-19-4-3-16(21)9-18(17)19/h3-6,9,13-15H,2,7-8,10-12H2,1H3,(H,22,25)/t13?,14-,15?/m1/s1. The third-order valence-electron chi connectivity index (χ3n) is 5.74. The van der Waals surface area contributed by atoms with Gasteiger partial charge in [0, 0.05) is 31.2 Å². The quantitative estimate of drug-likeness (QED) is 0.930. The molecule has 2 unspecified atom stereocenters. The maximum Gasteiger partial charge on any atom is 0.234 e. The molecule has 25 heavy (non-hydrogen) atoms. The van der Waals surface area contributed by atoms with Gasteiger partial charge in [0.2, 0.25) is 5.91 Å². The number of benzene rings is 1. The van der Waals surface area contributed by atoms with Crippen LogP contribution in [-0.2, 0) is 4.79 Å². The molecule has 1 saturated heterocycles. The summed E-state index contributed by atoms with van der Waals surface area (Å²) in [6.07, 6.45) is 4.07. The number of nitrogens with one attached hydrogen (secondary N) is 1. The summed E-state index contributed by atoms with van der Waals surface area (Å²) in [4.78, 5) is 18.4. The van der Waals surface area contributed by atoms with E-state index in [0.717, 1.165) is 36.8 Å². The highest BCUT2D eigenvalue weighted by atomic mass is 19.1. The molecule has 1 aliphatic heterocycles. The van der Waals surface area contributed by atoms with Crippen LogP contribution in [0.5, 0.6) is 0 Å². The molecule has 1 aromatic heterocycles. The van der Waals surface area contributed by atoms with Crippen LogP contribution >= 0.6 is 0 Å². The van der Waals surface area contributed by atoms with Gasteiger partial charge in [-0.05, 0) is 67.3 Å². The Morgan fingerprint density at radius 1 is 1.28 bits per heavy atom. The second kappa shape index (κ2) is 6.71. The van der Waals surface area contributed by atoms with Gasteiger partial charge >= 0.3 is 0 Å². The summed E-state index contributed by atoms with van der Waals surface area (Å²) in [6.45, 7) is 5.14. The molecule has 2 aromatic rings. The van der Waals surface area contributed by atoms with Crippen LogP contribution in [0.25, 0.3) is 10.9 Å². The third kappa shape index (κ3) is 3.25. The highest BCUT2D eigenvalue weighted by molar-refractivity contribution is 5.82. The van der Waals surface area contributed by atoms with E-state index >= 15 is 0 Å². The Kier molecular flexibility index (Phi) is 4.42. The van der Waals surface area contributed by atoms with Crippen molar-refractivity contribution in [3.05, 3.63) is 41.8 Å². The number of amides is 1. The first-order valence-corrected chi connectivity index (χ1v) is 9.17. The van der Waals surface area contributed by atoms with Crippen molar-refractivity contribution in [1.82, 2.24) is 15.2 Å². The summed E-state index contributed by atoms with van der Waals surface area (Å²) >= 11 is 0. The van der Waals surface area contributed by atoms with E-state index in [-0.39, 0.29) is 11.7 Å². The minimum Gasteiger partial charge on any atom is -0.355 e. The number of fused-ring (bicyclic) bond motifs is 2. The fraction of sp³-hybridized carbons (Fsp3) is 0.500. The number of likely N-dealkylation sites (N-methyl/N-ethyl adjacent to an activating group) is 1. The summed E-state index contributed by atoms with van der Waals surface area (Å²) in [5.41, 5.74) is 2.10. The lowest BCUT2D eigenvalue weighted by Crippen LogP contribution is -2.36. The summed E-state index contributed by atoms with van der Waals surface area (Å²) in [5, 5.41) is 3.83. The first kappa shape index (κ1) is 16.5. The van der Waals surface area contributed by atoms with Crippen molar-refractivity contribution in [2.45, 2.75) is 25.7 Å². The van der Waals surface area contributed by atoms with E-state index in [1.165, 1.54) is 11.6 Å². The smallest absolute Gasteiger partial charge is 0.234 e. The van der Waals surface area contributed by atoms with Gasteiger partial charge in [0.1, 0.15) is 5.82 Å². The van der Waals surface area contributed by atoms with Gasteiger partial charge in [-0.15, -0.1) is 0 Å². The Labute approximate surface area is 147 Å². The number of hydrogen-bond donors (Lipinski definition) is 1. The van der Waals surface area contributed by atoms with Crippen LogP contribution in [-0.4, -0.2) is 42.0 Å². The maximum absolute atomic E-state index is 13.7. The zero-order valence-corrected chi connectivity index (χ0v) is 14.5. The lowest BCUT2D eigenvalue weighted by Gasteiger charge is -2.19. The van der Waals surface area contributed by atoms with Crippen LogP contribution in [0.4, 0.5) is 4.39 Å². The Balaban J connectivity index is 1.47. The number of carbonyl (C=O) groups excluding carboxylic acids is 1. The molecule has 1 saturated carbocycles. The fourth-order valence-corrected chi connectivity index (χ4v) is 4.73. The van der Waals surface area contributed by atoms with E-state index in [1.54, 1.807) is 12.1 Å². The Morgan fingerprint density at radius 3 is 2.76 bits per heavy atom. The monoisotopic (exact) mass is 341 g/mol. The number of carbonyl (C=O) groups is 1. The molecule has 1 amide bonds. The molecule has 132 valence electrons. The lowest BCUT2D eigenvalue weighted by molar-refractivity contribution is -0.121. The topological polar surface area (TPSA) is 45.2 Å².